The standard InChI is InChI=1S/C12H19NO3/c1-11(2,3)16-10(15)13-6-9(7-13)12(8-14)4-5-12/h8-9H,4-7H2,1-3H3. The highest BCUT2D eigenvalue weighted by atomic mass is 16.6. The highest BCUT2D eigenvalue weighted by molar-refractivity contribution is 5.71. The van der Waals surface area contributed by atoms with E-state index in [4.69, 9.17) is 4.74 Å². The lowest BCUT2D eigenvalue weighted by atomic mass is 9.84. The van der Waals surface area contributed by atoms with Crippen LogP contribution in [0.15, 0.2) is 0 Å². The molecule has 16 heavy (non-hydrogen) atoms. The summed E-state index contributed by atoms with van der Waals surface area (Å²) in [6.45, 7) is 6.92. The quantitative estimate of drug-likeness (QED) is 0.673. The van der Waals surface area contributed by atoms with Gasteiger partial charge >= 0.3 is 6.09 Å². The molecule has 0 unspecified atom stereocenters. The zero-order chi connectivity index (χ0) is 12.0. The first-order valence-corrected chi connectivity index (χ1v) is 5.81. The number of carbonyl (C=O) groups excluding carboxylic acids is 2. The van der Waals surface area contributed by atoms with Gasteiger partial charge in [0.1, 0.15) is 11.9 Å². The molecule has 2 rings (SSSR count). The number of hydrogen-bond acceptors (Lipinski definition) is 3. The van der Waals surface area contributed by atoms with Crippen LogP contribution in [-0.4, -0.2) is 36.0 Å². The van der Waals surface area contributed by atoms with Gasteiger partial charge in [-0.2, -0.15) is 0 Å². The zero-order valence-corrected chi connectivity index (χ0v) is 10.2. The number of aldehydes is 1. The molecule has 2 aliphatic rings. The van der Waals surface area contributed by atoms with Crippen molar-refractivity contribution >= 4 is 12.4 Å². The van der Waals surface area contributed by atoms with Crippen LogP contribution < -0.4 is 0 Å². The van der Waals surface area contributed by atoms with Gasteiger partial charge in [0.15, 0.2) is 0 Å². The van der Waals surface area contributed by atoms with E-state index in [0.29, 0.717) is 19.0 Å². The van der Waals surface area contributed by atoms with Gasteiger partial charge in [-0.25, -0.2) is 4.79 Å². The maximum absolute atomic E-state index is 11.6. The van der Waals surface area contributed by atoms with E-state index in [1.54, 1.807) is 4.90 Å². The van der Waals surface area contributed by atoms with E-state index in [9.17, 15) is 9.59 Å². The Morgan fingerprint density at radius 3 is 2.31 bits per heavy atom. The average Bonchev–Trinajstić information content (AvgIpc) is 2.79. The van der Waals surface area contributed by atoms with E-state index in [-0.39, 0.29) is 11.5 Å². The molecule has 0 aromatic rings. The van der Waals surface area contributed by atoms with E-state index < -0.39 is 5.60 Å². The minimum absolute atomic E-state index is 0.0987. The summed E-state index contributed by atoms with van der Waals surface area (Å²) in [5.74, 6) is 0.359. The van der Waals surface area contributed by atoms with Gasteiger partial charge in [0.25, 0.3) is 0 Å². The molecular weight excluding hydrogens is 206 g/mol. The summed E-state index contributed by atoms with van der Waals surface area (Å²) < 4.78 is 5.26. The average molecular weight is 225 g/mol. The van der Waals surface area contributed by atoms with Crippen molar-refractivity contribution in [3.63, 3.8) is 0 Å². The second-order valence-electron chi connectivity index (χ2n) is 5.93. The largest absolute Gasteiger partial charge is 0.444 e. The zero-order valence-electron chi connectivity index (χ0n) is 10.2. The van der Waals surface area contributed by atoms with Crippen molar-refractivity contribution in [2.24, 2.45) is 11.3 Å². The molecule has 1 aliphatic heterocycles. The fourth-order valence-electron chi connectivity index (χ4n) is 2.08. The molecular formula is C12H19NO3. The minimum Gasteiger partial charge on any atom is -0.444 e. The molecule has 0 radical (unpaired) electrons. The third-order valence-corrected chi connectivity index (χ3v) is 3.41. The van der Waals surface area contributed by atoms with Crippen LogP contribution >= 0.6 is 0 Å². The van der Waals surface area contributed by atoms with Crippen molar-refractivity contribution in [2.45, 2.75) is 39.2 Å². The SMILES string of the molecule is CC(C)(C)OC(=O)N1CC(C2(C=O)CC2)C1. The fraction of sp³-hybridized carbons (Fsp3) is 0.833. The predicted molar refractivity (Wildman–Crippen MR) is 59.0 cm³/mol. The van der Waals surface area contributed by atoms with Crippen molar-refractivity contribution in [3.8, 4) is 0 Å². The Morgan fingerprint density at radius 1 is 1.38 bits per heavy atom. The summed E-state index contributed by atoms with van der Waals surface area (Å²) in [6.07, 6.45) is 2.79. The van der Waals surface area contributed by atoms with Crippen molar-refractivity contribution in [2.75, 3.05) is 13.1 Å². The van der Waals surface area contributed by atoms with Gasteiger partial charge in [0.05, 0.1) is 0 Å². The molecule has 2 fully saturated rings. The molecule has 0 bridgehead atoms. The maximum atomic E-state index is 11.6. The second-order valence-corrected chi connectivity index (χ2v) is 5.93. The highest BCUT2D eigenvalue weighted by Crippen LogP contribution is 2.53. The van der Waals surface area contributed by atoms with Crippen LogP contribution in [0.3, 0.4) is 0 Å². The van der Waals surface area contributed by atoms with E-state index in [2.05, 4.69) is 0 Å². The summed E-state index contributed by atoms with van der Waals surface area (Å²) in [4.78, 5) is 24.2. The number of likely N-dealkylation sites (tertiary alicyclic amines) is 1. The maximum Gasteiger partial charge on any atom is 0.410 e. The third kappa shape index (κ3) is 2.06. The smallest absolute Gasteiger partial charge is 0.410 e. The summed E-state index contributed by atoms with van der Waals surface area (Å²) in [7, 11) is 0. The summed E-state index contributed by atoms with van der Waals surface area (Å²) >= 11 is 0. The minimum atomic E-state index is -0.440. The van der Waals surface area contributed by atoms with Crippen LogP contribution in [0, 0.1) is 11.3 Å². The van der Waals surface area contributed by atoms with Crippen LogP contribution in [0.5, 0.6) is 0 Å². The molecule has 0 N–H and O–H groups in total. The molecule has 1 heterocycles. The first-order chi connectivity index (χ1) is 7.36. The fourth-order valence-corrected chi connectivity index (χ4v) is 2.08. The van der Waals surface area contributed by atoms with Crippen molar-refractivity contribution in [1.29, 1.82) is 0 Å². The number of rotatable bonds is 2. The molecule has 1 aliphatic carbocycles. The molecule has 0 atom stereocenters. The molecule has 0 spiro atoms. The van der Waals surface area contributed by atoms with Gasteiger partial charge in [0.2, 0.25) is 0 Å². The second kappa shape index (κ2) is 3.47. The van der Waals surface area contributed by atoms with Crippen LogP contribution in [0.1, 0.15) is 33.6 Å². The number of hydrogen-bond donors (Lipinski definition) is 0. The van der Waals surface area contributed by atoms with Crippen molar-refractivity contribution in [1.82, 2.24) is 4.90 Å². The number of nitrogens with zero attached hydrogens (tertiary/aromatic N) is 1. The lowest BCUT2D eigenvalue weighted by Crippen LogP contribution is -2.54. The molecule has 1 amide bonds. The lowest BCUT2D eigenvalue weighted by Gasteiger charge is -2.42. The summed E-state index contributed by atoms with van der Waals surface area (Å²) in [6, 6.07) is 0. The van der Waals surface area contributed by atoms with Crippen LogP contribution in [0.25, 0.3) is 0 Å². The van der Waals surface area contributed by atoms with E-state index in [1.807, 2.05) is 20.8 Å². The number of amides is 1. The van der Waals surface area contributed by atoms with Crippen LogP contribution in [0.4, 0.5) is 4.79 Å². The molecule has 4 nitrogen and oxygen atoms in total. The van der Waals surface area contributed by atoms with E-state index >= 15 is 0 Å². The van der Waals surface area contributed by atoms with Gasteiger partial charge in [-0.15, -0.1) is 0 Å². The van der Waals surface area contributed by atoms with Gasteiger partial charge in [-0.3, -0.25) is 0 Å². The van der Waals surface area contributed by atoms with Crippen molar-refractivity contribution in [3.05, 3.63) is 0 Å². The van der Waals surface area contributed by atoms with Gasteiger partial charge in [-0.05, 0) is 33.6 Å². The molecule has 4 heteroatoms. The Hall–Kier alpha value is -1.06. The molecule has 0 aromatic heterocycles. The molecule has 1 saturated heterocycles. The predicted octanol–water partition coefficient (Wildman–Crippen LogP) is 1.83. The normalized spacial score (nSPS) is 23.6. The van der Waals surface area contributed by atoms with Gasteiger partial charge in [-0.1, -0.05) is 0 Å². The van der Waals surface area contributed by atoms with Crippen LogP contribution in [0.2, 0.25) is 0 Å². The van der Waals surface area contributed by atoms with Gasteiger partial charge < -0.3 is 14.4 Å². The Morgan fingerprint density at radius 2 is 1.94 bits per heavy atom. The summed E-state index contributed by atoms with van der Waals surface area (Å²) in [5.41, 5.74) is -0.539. The van der Waals surface area contributed by atoms with Crippen molar-refractivity contribution < 1.29 is 14.3 Å². The Bertz CT molecular complexity index is 309. The Balaban J connectivity index is 1.80. The molecule has 1 saturated carbocycles. The van der Waals surface area contributed by atoms with E-state index in [1.165, 1.54) is 0 Å². The Labute approximate surface area is 95.9 Å². The first kappa shape index (κ1) is 11.4. The Kier molecular flexibility index (Phi) is 2.48. The lowest BCUT2D eigenvalue weighted by molar-refractivity contribution is -0.116. The summed E-state index contributed by atoms with van der Waals surface area (Å²) in [5, 5.41) is 0. The van der Waals surface area contributed by atoms with E-state index in [0.717, 1.165) is 19.1 Å². The number of carbonyl (C=O) groups is 2. The number of ether oxygens (including phenoxy) is 1. The third-order valence-electron chi connectivity index (χ3n) is 3.41. The molecule has 0 aromatic carbocycles. The monoisotopic (exact) mass is 225 g/mol. The molecule has 90 valence electrons. The van der Waals surface area contributed by atoms with Crippen LogP contribution in [-0.2, 0) is 9.53 Å². The van der Waals surface area contributed by atoms with Gasteiger partial charge in [0, 0.05) is 24.4 Å². The topological polar surface area (TPSA) is 46.6 Å². The first-order valence-electron chi connectivity index (χ1n) is 5.81. The highest BCUT2D eigenvalue weighted by Gasteiger charge is 2.54.